The minimum Gasteiger partial charge on any atom is -0.461 e. The van der Waals surface area contributed by atoms with E-state index in [0.29, 0.717) is 12.3 Å². The Kier molecular flexibility index (Phi) is 4.39. The van der Waals surface area contributed by atoms with Gasteiger partial charge in [-0.05, 0) is 43.9 Å². The Bertz CT molecular complexity index is 557. The van der Waals surface area contributed by atoms with Crippen LogP contribution in [-0.2, 0) is 17.6 Å². The van der Waals surface area contributed by atoms with Crippen LogP contribution in [-0.4, -0.2) is 17.6 Å². The fraction of sp³-hybridized carbons (Fsp3) is 0.312. The van der Waals surface area contributed by atoms with Gasteiger partial charge in [0.2, 0.25) is 0 Å². The molecule has 1 N–H and O–H groups in total. The first-order chi connectivity index (χ1) is 9.19. The molecule has 2 aromatic rings. The van der Waals surface area contributed by atoms with E-state index in [1.54, 1.807) is 6.92 Å². The van der Waals surface area contributed by atoms with E-state index < -0.39 is 0 Å². The van der Waals surface area contributed by atoms with Gasteiger partial charge in [-0.1, -0.05) is 29.8 Å². The molecule has 1 heterocycles. The van der Waals surface area contributed by atoms with Crippen molar-refractivity contribution in [2.75, 3.05) is 6.61 Å². The monoisotopic (exact) mass is 257 g/mol. The lowest BCUT2D eigenvalue weighted by molar-refractivity contribution is 0.0520. The SMILES string of the molecule is CCOC(=O)c1cc(CCc2cccc(C)c2)c[nH]1. The Morgan fingerprint density at radius 1 is 1.21 bits per heavy atom. The van der Waals surface area contributed by atoms with E-state index >= 15 is 0 Å². The number of nitrogens with one attached hydrogen (secondary N) is 1. The number of carbonyl (C=O) groups excluding carboxylic acids is 1. The fourth-order valence-corrected chi connectivity index (χ4v) is 2.07. The average molecular weight is 257 g/mol. The van der Waals surface area contributed by atoms with Crippen molar-refractivity contribution in [2.24, 2.45) is 0 Å². The summed E-state index contributed by atoms with van der Waals surface area (Å²) < 4.78 is 4.95. The van der Waals surface area contributed by atoms with E-state index in [-0.39, 0.29) is 5.97 Å². The van der Waals surface area contributed by atoms with Crippen LogP contribution in [0.15, 0.2) is 36.5 Å². The zero-order valence-corrected chi connectivity index (χ0v) is 11.4. The van der Waals surface area contributed by atoms with Crippen molar-refractivity contribution in [2.45, 2.75) is 26.7 Å². The largest absolute Gasteiger partial charge is 0.461 e. The molecule has 0 amide bonds. The van der Waals surface area contributed by atoms with E-state index in [2.05, 4.69) is 36.2 Å². The fourth-order valence-electron chi connectivity index (χ4n) is 2.07. The van der Waals surface area contributed by atoms with Crippen molar-refractivity contribution in [1.29, 1.82) is 0 Å². The van der Waals surface area contributed by atoms with Gasteiger partial charge in [0.05, 0.1) is 6.61 Å². The van der Waals surface area contributed by atoms with E-state index in [1.807, 2.05) is 12.3 Å². The Morgan fingerprint density at radius 2 is 2.00 bits per heavy atom. The molecule has 0 spiro atoms. The maximum absolute atomic E-state index is 11.5. The summed E-state index contributed by atoms with van der Waals surface area (Å²) in [4.78, 5) is 14.5. The number of rotatable bonds is 5. The molecule has 0 fully saturated rings. The summed E-state index contributed by atoms with van der Waals surface area (Å²) >= 11 is 0. The van der Waals surface area contributed by atoms with Gasteiger partial charge in [-0.15, -0.1) is 0 Å². The Hall–Kier alpha value is -2.03. The number of aromatic amines is 1. The first kappa shape index (κ1) is 13.4. The van der Waals surface area contributed by atoms with Crippen LogP contribution in [0.4, 0.5) is 0 Å². The highest BCUT2D eigenvalue weighted by molar-refractivity contribution is 5.87. The second kappa shape index (κ2) is 6.23. The van der Waals surface area contributed by atoms with E-state index in [0.717, 1.165) is 18.4 Å². The molecular formula is C16H19NO2. The number of H-pyrrole nitrogens is 1. The summed E-state index contributed by atoms with van der Waals surface area (Å²) in [5.41, 5.74) is 4.25. The smallest absolute Gasteiger partial charge is 0.354 e. The van der Waals surface area contributed by atoms with Crippen molar-refractivity contribution in [3.8, 4) is 0 Å². The lowest BCUT2D eigenvalue weighted by atomic mass is 10.0. The summed E-state index contributed by atoms with van der Waals surface area (Å²) in [6.07, 6.45) is 3.77. The van der Waals surface area contributed by atoms with Crippen LogP contribution in [0.25, 0.3) is 0 Å². The maximum Gasteiger partial charge on any atom is 0.354 e. The molecule has 1 aromatic heterocycles. The van der Waals surface area contributed by atoms with E-state index in [4.69, 9.17) is 4.74 Å². The minimum absolute atomic E-state index is 0.288. The van der Waals surface area contributed by atoms with Gasteiger partial charge in [-0.25, -0.2) is 4.79 Å². The molecule has 100 valence electrons. The molecule has 0 unspecified atom stereocenters. The van der Waals surface area contributed by atoms with Gasteiger partial charge in [-0.2, -0.15) is 0 Å². The third kappa shape index (κ3) is 3.71. The summed E-state index contributed by atoms with van der Waals surface area (Å²) in [7, 11) is 0. The molecule has 3 nitrogen and oxygen atoms in total. The molecule has 1 aromatic carbocycles. The van der Waals surface area contributed by atoms with Gasteiger partial charge in [0.1, 0.15) is 5.69 Å². The van der Waals surface area contributed by atoms with E-state index in [1.165, 1.54) is 11.1 Å². The van der Waals surface area contributed by atoms with Crippen molar-refractivity contribution in [1.82, 2.24) is 4.98 Å². The third-order valence-electron chi connectivity index (χ3n) is 3.02. The van der Waals surface area contributed by atoms with Crippen LogP contribution < -0.4 is 0 Å². The third-order valence-corrected chi connectivity index (χ3v) is 3.02. The van der Waals surface area contributed by atoms with Crippen LogP contribution in [0.5, 0.6) is 0 Å². The van der Waals surface area contributed by atoms with Gasteiger partial charge < -0.3 is 9.72 Å². The van der Waals surface area contributed by atoms with Gasteiger partial charge in [-0.3, -0.25) is 0 Å². The number of carbonyl (C=O) groups is 1. The van der Waals surface area contributed by atoms with Crippen molar-refractivity contribution in [3.05, 3.63) is 58.9 Å². The second-order valence-electron chi connectivity index (χ2n) is 4.63. The molecule has 0 aliphatic heterocycles. The van der Waals surface area contributed by atoms with E-state index in [9.17, 15) is 4.79 Å². The molecular weight excluding hydrogens is 238 g/mol. The predicted molar refractivity (Wildman–Crippen MR) is 75.3 cm³/mol. The van der Waals surface area contributed by atoms with Crippen LogP contribution in [0, 0.1) is 6.92 Å². The molecule has 3 heteroatoms. The molecule has 0 aliphatic carbocycles. The van der Waals surface area contributed by atoms with Gasteiger partial charge in [0, 0.05) is 6.20 Å². The first-order valence-corrected chi connectivity index (χ1v) is 6.59. The Balaban J connectivity index is 1.95. The van der Waals surface area contributed by atoms with Crippen LogP contribution in [0.1, 0.15) is 34.1 Å². The maximum atomic E-state index is 11.5. The number of benzene rings is 1. The zero-order chi connectivity index (χ0) is 13.7. The molecule has 0 atom stereocenters. The topological polar surface area (TPSA) is 42.1 Å². The molecule has 19 heavy (non-hydrogen) atoms. The quantitative estimate of drug-likeness (QED) is 0.835. The van der Waals surface area contributed by atoms with Crippen LogP contribution in [0.2, 0.25) is 0 Å². The molecule has 0 saturated heterocycles. The lowest BCUT2D eigenvalue weighted by Crippen LogP contribution is -2.04. The van der Waals surface area contributed by atoms with Gasteiger partial charge in [0.15, 0.2) is 0 Å². The lowest BCUT2D eigenvalue weighted by Gasteiger charge is -2.01. The normalized spacial score (nSPS) is 10.4. The predicted octanol–water partition coefficient (Wildman–Crippen LogP) is 3.29. The van der Waals surface area contributed by atoms with Crippen LogP contribution in [0.3, 0.4) is 0 Å². The van der Waals surface area contributed by atoms with Crippen molar-refractivity contribution >= 4 is 5.97 Å². The summed E-state index contributed by atoms with van der Waals surface area (Å²) in [5.74, 6) is -0.288. The number of ether oxygens (including phenoxy) is 1. The highest BCUT2D eigenvalue weighted by atomic mass is 16.5. The Morgan fingerprint density at radius 3 is 2.74 bits per heavy atom. The minimum atomic E-state index is -0.288. The second-order valence-corrected chi connectivity index (χ2v) is 4.63. The summed E-state index contributed by atoms with van der Waals surface area (Å²) in [6, 6.07) is 10.4. The molecule has 0 saturated carbocycles. The zero-order valence-electron chi connectivity index (χ0n) is 11.4. The van der Waals surface area contributed by atoms with Gasteiger partial charge >= 0.3 is 5.97 Å². The number of esters is 1. The highest BCUT2D eigenvalue weighted by Gasteiger charge is 2.09. The summed E-state index contributed by atoms with van der Waals surface area (Å²) in [5, 5.41) is 0. The standard InChI is InChI=1S/C16H19NO2/c1-3-19-16(18)15-10-14(11-17-15)8-7-13-6-4-5-12(2)9-13/h4-6,9-11,17H,3,7-8H2,1-2H3. The number of hydrogen-bond donors (Lipinski definition) is 1. The molecule has 0 radical (unpaired) electrons. The molecule has 2 rings (SSSR count). The van der Waals surface area contributed by atoms with Crippen LogP contribution >= 0.6 is 0 Å². The number of aryl methyl sites for hydroxylation is 3. The average Bonchev–Trinajstić information content (AvgIpc) is 2.86. The van der Waals surface area contributed by atoms with Gasteiger partial charge in [0.25, 0.3) is 0 Å². The number of hydrogen-bond acceptors (Lipinski definition) is 2. The Labute approximate surface area is 113 Å². The van der Waals surface area contributed by atoms with Crippen molar-refractivity contribution in [3.63, 3.8) is 0 Å². The van der Waals surface area contributed by atoms with Crippen molar-refractivity contribution < 1.29 is 9.53 Å². The molecule has 0 aliphatic rings. The molecule has 0 bridgehead atoms. The first-order valence-electron chi connectivity index (χ1n) is 6.59. The number of aromatic nitrogens is 1. The highest BCUT2D eigenvalue weighted by Crippen LogP contribution is 2.11. The summed E-state index contributed by atoms with van der Waals surface area (Å²) in [6.45, 7) is 4.30.